The third kappa shape index (κ3) is 2.08. The molecule has 2 rings (SSSR count). The summed E-state index contributed by atoms with van der Waals surface area (Å²) in [7, 11) is 0. The number of piperidine rings is 1. The average molecular weight is 241 g/mol. The summed E-state index contributed by atoms with van der Waals surface area (Å²) in [6.45, 7) is 3.74. The minimum Gasteiger partial charge on any atom is -0.463 e. The molecule has 6 heteroatoms. The highest BCUT2D eigenvalue weighted by molar-refractivity contribution is 7.82. The van der Waals surface area contributed by atoms with E-state index in [4.69, 9.17) is 4.74 Å². The second-order valence-corrected chi connectivity index (χ2v) is 4.46. The van der Waals surface area contributed by atoms with Crippen LogP contribution in [0.4, 0.5) is 0 Å². The lowest BCUT2D eigenvalue weighted by atomic mass is 10.00. The monoisotopic (exact) mass is 241 g/mol. The van der Waals surface area contributed by atoms with E-state index < -0.39 is 10.8 Å². The fourth-order valence-corrected chi connectivity index (χ4v) is 2.01. The molecule has 0 aliphatic carbocycles. The Morgan fingerprint density at radius 2 is 2.56 bits per heavy atom. The number of nitrogens with one attached hydrogen (secondary N) is 2. The zero-order chi connectivity index (χ0) is 11.6. The molecule has 1 fully saturated rings. The first-order valence-corrected chi connectivity index (χ1v) is 5.76. The lowest BCUT2D eigenvalue weighted by Crippen LogP contribution is -2.49. The topological polar surface area (TPSA) is 62.7 Å². The van der Waals surface area contributed by atoms with Gasteiger partial charge in [0.2, 0.25) is 4.87 Å². The van der Waals surface area contributed by atoms with Crippen molar-refractivity contribution in [3.05, 3.63) is 11.6 Å². The van der Waals surface area contributed by atoms with Gasteiger partial charge in [0.1, 0.15) is 0 Å². The molecular weight excluding hydrogens is 226 g/mol. The lowest BCUT2D eigenvalue weighted by Gasteiger charge is -2.30. The summed E-state index contributed by atoms with van der Waals surface area (Å²) in [5.74, 6) is -0.417. The highest BCUT2D eigenvalue weighted by Gasteiger charge is 2.37. The van der Waals surface area contributed by atoms with Crippen LogP contribution in [0, 0.1) is 0 Å². The zero-order valence-electron chi connectivity index (χ0n) is 9.12. The molecule has 88 valence electrons. The molecule has 0 bridgehead atoms. The Balaban J connectivity index is 2.18. The first-order chi connectivity index (χ1) is 7.65. The summed E-state index contributed by atoms with van der Waals surface area (Å²) >= 11 is 4.30. The third-order valence-corrected chi connectivity index (χ3v) is 2.97. The van der Waals surface area contributed by atoms with Crippen LogP contribution in [-0.4, -0.2) is 36.2 Å². The van der Waals surface area contributed by atoms with Crippen LogP contribution in [0.3, 0.4) is 0 Å². The lowest BCUT2D eigenvalue weighted by molar-refractivity contribution is -0.145. The number of rotatable bonds is 2. The first kappa shape index (κ1) is 11.5. The molecule has 1 saturated heterocycles. The molecule has 16 heavy (non-hydrogen) atoms. The number of hydrazone groups is 1. The Kier molecular flexibility index (Phi) is 3.20. The van der Waals surface area contributed by atoms with Gasteiger partial charge < -0.3 is 10.1 Å². The molecule has 0 spiro atoms. The maximum atomic E-state index is 11.7. The van der Waals surface area contributed by atoms with Crippen LogP contribution in [0.25, 0.3) is 0 Å². The van der Waals surface area contributed by atoms with Crippen LogP contribution in [0.5, 0.6) is 0 Å². The van der Waals surface area contributed by atoms with E-state index in [0.29, 0.717) is 6.61 Å². The van der Waals surface area contributed by atoms with Crippen LogP contribution in [-0.2, 0) is 9.53 Å². The van der Waals surface area contributed by atoms with E-state index in [-0.39, 0.29) is 0 Å². The Morgan fingerprint density at radius 1 is 1.75 bits per heavy atom. The summed E-state index contributed by atoms with van der Waals surface area (Å²) in [5.41, 5.74) is 4.77. The predicted molar refractivity (Wildman–Crippen MR) is 64.5 cm³/mol. The number of hydrogen-bond donors (Lipinski definition) is 3. The molecule has 2 aliphatic heterocycles. The molecule has 2 N–H and O–H groups in total. The van der Waals surface area contributed by atoms with E-state index in [1.165, 1.54) is 0 Å². The fourth-order valence-electron chi connectivity index (χ4n) is 1.74. The molecule has 0 aromatic rings. The van der Waals surface area contributed by atoms with Gasteiger partial charge in [-0.25, -0.2) is 4.79 Å². The largest absolute Gasteiger partial charge is 0.463 e. The fraction of sp³-hybridized carbons (Fsp3) is 0.600. The molecule has 0 aromatic carbocycles. The summed E-state index contributed by atoms with van der Waals surface area (Å²) in [5, 5.41) is 7.42. The highest BCUT2D eigenvalue weighted by atomic mass is 32.1. The van der Waals surface area contributed by atoms with Crippen molar-refractivity contribution in [3.8, 4) is 0 Å². The smallest absolute Gasteiger partial charge is 0.347 e. The maximum absolute atomic E-state index is 11.7. The number of thiol groups is 1. The molecule has 0 saturated carbocycles. The van der Waals surface area contributed by atoms with Gasteiger partial charge in [-0.05, 0) is 18.6 Å². The molecule has 2 heterocycles. The van der Waals surface area contributed by atoms with Crippen LogP contribution < -0.4 is 10.7 Å². The van der Waals surface area contributed by atoms with E-state index in [2.05, 4.69) is 28.5 Å². The number of nitrogens with zero attached hydrogens (tertiary/aromatic N) is 1. The molecular formula is C10H15N3O2S. The average Bonchev–Trinajstić information content (AvgIpc) is 2.29. The van der Waals surface area contributed by atoms with E-state index in [1.54, 1.807) is 13.0 Å². The molecule has 2 aliphatic rings. The minimum absolute atomic E-state index is 0.334. The van der Waals surface area contributed by atoms with Crippen molar-refractivity contribution in [1.29, 1.82) is 0 Å². The van der Waals surface area contributed by atoms with Gasteiger partial charge in [0, 0.05) is 19.5 Å². The zero-order valence-corrected chi connectivity index (χ0v) is 10.0. The van der Waals surface area contributed by atoms with Crippen LogP contribution in [0.1, 0.15) is 13.3 Å². The van der Waals surface area contributed by atoms with Crippen molar-refractivity contribution in [2.24, 2.45) is 5.10 Å². The molecule has 0 radical (unpaired) electrons. The minimum atomic E-state index is -1.13. The van der Waals surface area contributed by atoms with Gasteiger partial charge in [-0.15, -0.1) is 12.6 Å². The standard InChI is InChI=1S/C10H15N3O2S/c1-2-15-9(14)10(16)5-7-6-11-4-3-8(7)12-13-10/h5,11,13,16H,2-4,6H2,1H3. The van der Waals surface area contributed by atoms with Gasteiger partial charge in [0.25, 0.3) is 0 Å². The Morgan fingerprint density at radius 3 is 3.31 bits per heavy atom. The van der Waals surface area contributed by atoms with Crippen molar-refractivity contribution in [2.45, 2.75) is 18.2 Å². The second kappa shape index (κ2) is 4.47. The Bertz CT molecular complexity index is 367. The Hall–Kier alpha value is -1.01. The van der Waals surface area contributed by atoms with E-state index in [1.807, 2.05) is 0 Å². The van der Waals surface area contributed by atoms with Crippen molar-refractivity contribution < 1.29 is 9.53 Å². The van der Waals surface area contributed by atoms with Crippen molar-refractivity contribution >= 4 is 24.3 Å². The number of esters is 1. The van der Waals surface area contributed by atoms with Crippen molar-refractivity contribution in [1.82, 2.24) is 10.7 Å². The summed E-state index contributed by atoms with van der Waals surface area (Å²) in [4.78, 5) is 10.6. The van der Waals surface area contributed by atoms with Gasteiger partial charge in [-0.1, -0.05) is 0 Å². The SMILES string of the molecule is CCOC(=O)C1(S)C=C2CNCCC2=NN1. The molecule has 0 amide bonds. The quantitative estimate of drug-likeness (QED) is 0.472. The number of carbonyl (C=O) groups is 1. The number of carbonyl (C=O) groups excluding carboxylic acids is 1. The van der Waals surface area contributed by atoms with Crippen LogP contribution in [0.15, 0.2) is 16.8 Å². The summed E-state index contributed by atoms with van der Waals surface area (Å²) < 4.78 is 4.95. The van der Waals surface area contributed by atoms with Crippen molar-refractivity contribution in [3.63, 3.8) is 0 Å². The van der Waals surface area contributed by atoms with E-state index in [9.17, 15) is 4.79 Å². The second-order valence-electron chi connectivity index (χ2n) is 3.75. The van der Waals surface area contributed by atoms with Gasteiger partial charge in [-0.3, -0.25) is 5.43 Å². The number of ether oxygens (including phenoxy) is 1. The van der Waals surface area contributed by atoms with Crippen LogP contribution >= 0.6 is 12.6 Å². The number of fused-ring (bicyclic) bond motifs is 1. The summed E-state index contributed by atoms with van der Waals surface area (Å²) in [6, 6.07) is 0. The Labute approximate surface area is 99.7 Å². The van der Waals surface area contributed by atoms with E-state index in [0.717, 1.165) is 30.8 Å². The van der Waals surface area contributed by atoms with Gasteiger partial charge in [-0.2, -0.15) is 5.10 Å². The molecule has 1 unspecified atom stereocenters. The third-order valence-electron chi connectivity index (χ3n) is 2.56. The number of hydrogen-bond acceptors (Lipinski definition) is 6. The van der Waals surface area contributed by atoms with Crippen LogP contribution in [0.2, 0.25) is 0 Å². The molecule has 5 nitrogen and oxygen atoms in total. The maximum Gasteiger partial charge on any atom is 0.347 e. The summed E-state index contributed by atoms with van der Waals surface area (Å²) in [6.07, 6.45) is 2.65. The normalized spacial score (nSPS) is 28.4. The predicted octanol–water partition coefficient (Wildman–Crippen LogP) is 0.0545. The molecule has 0 aromatic heterocycles. The van der Waals surface area contributed by atoms with Gasteiger partial charge in [0.15, 0.2) is 0 Å². The van der Waals surface area contributed by atoms with Crippen molar-refractivity contribution in [2.75, 3.05) is 19.7 Å². The molecule has 1 atom stereocenters. The van der Waals surface area contributed by atoms with E-state index >= 15 is 0 Å². The highest BCUT2D eigenvalue weighted by Crippen LogP contribution is 2.23. The van der Waals surface area contributed by atoms with Gasteiger partial charge >= 0.3 is 5.97 Å². The first-order valence-electron chi connectivity index (χ1n) is 5.32. The van der Waals surface area contributed by atoms with Gasteiger partial charge in [0.05, 0.1) is 12.3 Å².